The van der Waals surface area contributed by atoms with E-state index in [1.165, 1.54) is 25.0 Å². The Morgan fingerprint density at radius 1 is 1.03 bits per heavy atom. The van der Waals surface area contributed by atoms with Gasteiger partial charge >= 0.3 is 0 Å². The van der Waals surface area contributed by atoms with Crippen LogP contribution in [0.5, 0.6) is 11.5 Å². The molecule has 30 heavy (non-hydrogen) atoms. The molecular weight excluding hydrogens is 406 g/mol. The predicted octanol–water partition coefficient (Wildman–Crippen LogP) is 1.60. The Balaban J connectivity index is 1.30. The van der Waals surface area contributed by atoms with Crippen molar-refractivity contribution in [2.45, 2.75) is 49.5 Å². The third-order valence-corrected chi connectivity index (χ3v) is 7.48. The minimum absolute atomic E-state index is 0.0260. The second-order valence-electron chi connectivity index (χ2n) is 8.20. The number of ether oxygens (including phenoxy) is 2. The first-order valence-electron chi connectivity index (χ1n) is 10.9. The van der Waals surface area contributed by atoms with Gasteiger partial charge in [-0.3, -0.25) is 4.79 Å². The number of rotatable bonds is 7. The highest BCUT2D eigenvalue weighted by atomic mass is 32.2. The van der Waals surface area contributed by atoms with E-state index in [-0.39, 0.29) is 29.8 Å². The van der Waals surface area contributed by atoms with E-state index >= 15 is 0 Å². The normalized spacial score (nSPS) is 22.3. The molecule has 2 saturated heterocycles. The molecule has 1 aromatic rings. The second-order valence-corrected chi connectivity index (χ2v) is 9.96. The molecular formula is C21H31N3O5S. The van der Waals surface area contributed by atoms with E-state index in [9.17, 15) is 13.2 Å². The van der Waals surface area contributed by atoms with E-state index in [4.69, 9.17) is 9.47 Å². The highest BCUT2D eigenvalue weighted by Crippen LogP contribution is 2.31. The summed E-state index contributed by atoms with van der Waals surface area (Å²) < 4.78 is 39.0. The maximum absolute atomic E-state index is 12.7. The fourth-order valence-corrected chi connectivity index (χ4v) is 5.49. The lowest BCUT2D eigenvalue weighted by Gasteiger charge is -2.28. The smallest absolute Gasteiger partial charge is 0.240 e. The zero-order valence-corrected chi connectivity index (χ0v) is 18.2. The molecule has 2 fully saturated rings. The van der Waals surface area contributed by atoms with Gasteiger partial charge in [-0.1, -0.05) is 0 Å². The van der Waals surface area contributed by atoms with Crippen LogP contribution >= 0.6 is 0 Å². The molecule has 9 heteroatoms. The monoisotopic (exact) mass is 437 g/mol. The van der Waals surface area contributed by atoms with Crippen LogP contribution in [0.2, 0.25) is 0 Å². The van der Waals surface area contributed by atoms with Crippen molar-refractivity contribution in [1.82, 2.24) is 14.5 Å². The molecule has 0 radical (unpaired) electrons. The number of hydrogen-bond donors (Lipinski definition) is 1. The van der Waals surface area contributed by atoms with E-state index in [0.29, 0.717) is 24.7 Å². The standard InChI is InChI=1S/C21H31N3O5S/c25-21(24-12-3-5-17(24)16-23-10-1-2-11-23)8-9-22-30(26,27)18-6-7-19-20(15-18)29-14-4-13-28-19/h6-7,15,17,22H,1-5,8-14,16H2. The van der Waals surface area contributed by atoms with Gasteiger partial charge in [0, 0.05) is 44.6 Å². The number of carbonyl (C=O) groups excluding carboxylic acids is 1. The molecule has 3 aliphatic heterocycles. The number of fused-ring (bicyclic) bond motifs is 1. The fourth-order valence-electron chi connectivity index (χ4n) is 4.45. The first kappa shape index (κ1) is 21.4. The lowest BCUT2D eigenvalue weighted by molar-refractivity contribution is -0.132. The van der Waals surface area contributed by atoms with Gasteiger partial charge in [0.25, 0.3) is 0 Å². The summed E-state index contributed by atoms with van der Waals surface area (Å²) in [5.74, 6) is 1.02. The molecule has 4 rings (SSSR count). The lowest BCUT2D eigenvalue weighted by atomic mass is 10.2. The highest BCUT2D eigenvalue weighted by Gasteiger charge is 2.30. The molecule has 1 amide bonds. The Bertz CT molecular complexity index is 854. The second kappa shape index (κ2) is 9.53. The number of carbonyl (C=O) groups is 1. The molecule has 0 bridgehead atoms. The number of likely N-dealkylation sites (tertiary alicyclic amines) is 2. The predicted molar refractivity (Wildman–Crippen MR) is 112 cm³/mol. The summed E-state index contributed by atoms with van der Waals surface area (Å²) in [6, 6.07) is 4.86. The number of nitrogens with zero attached hydrogens (tertiary/aromatic N) is 2. The Labute approximate surface area is 178 Å². The van der Waals surface area contributed by atoms with Crippen LogP contribution in [-0.2, 0) is 14.8 Å². The molecule has 0 spiro atoms. The van der Waals surface area contributed by atoms with Gasteiger partial charge in [0.1, 0.15) is 0 Å². The average molecular weight is 438 g/mol. The molecule has 0 saturated carbocycles. The highest BCUT2D eigenvalue weighted by molar-refractivity contribution is 7.89. The largest absolute Gasteiger partial charge is 0.490 e. The molecule has 3 heterocycles. The van der Waals surface area contributed by atoms with Crippen LogP contribution in [0.15, 0.2) is 23.1 Å². The van der Waals surface area contributed by atoms with E-state index in [0.717, 1.165) is 45.4 Å². The first-order chi connectivity index (χ1) is 14.5. The third-order valence-electron chi connectivity index (χ3n) is 6.03. The first-order valence-corrected chi connectivity index (χ1v) is 12.4. The molecule has 1 aromatic carbocycles. The van der Waals surface area contributed by atoms with Crippen LogP contribution in [0.1, 0.15) is 38.5 Å². The van der Waals surface area contributed by atoms with Crippen LogP contribution in [0.4, 0.5) is 0 Å². The SMILES string of the molecule is O=C(CCNS(=O)(=O)c1ccc2c(c1)OCCCO2)N1CCCC1CN1CCCC1. The quantitative estimate of drug-likeness (QED) is 0.697. The van der Waals surface area contributed by atoms with Crippen LogP contribution in [-0.4, -0.2) is 76.1 Å². The van der Waals surface area contributed by atoms with Gasteiger partial charge in [0.05, 0.1) is 18.1 Å². The van der Waals surface area contributed by atoms with E-state index in [1.54, 1.807) is 6.07 Å². The third kappa shape index (κ3) is 5.07. The van der Waals surface area contributed by atoms with Gasteiger partial charge in [0.2, 0.25) is 15.9 Å². The van der Waals surface area contributed by atoms with Crippen molar-refractivity contribution >= 4 is 15.9 Å². The van der Waals surface area contributed by atoms with Crippen LogP contribution in [0.3, 0.4) is 0 Å². The molecule has 0 aromatic heterocycles. The number of amides is 1. The molecule has 1 unspecified atom stereocenters. The Kier molecular flexibility index (Phi) is 6.80. The van der Waals surface area contributed by atoms with Gasteiger partial charge in [-0.25, -0.2) is 13.1 Å². The molecule has 1 N–H and O–H groups in total. The summed E-state index contributed by atoms with van der Waals surface area (Å²) >= 11 is 0. The summed E-state index contributed by atoms with van der Waals surface area (Å²) in [7, 11) is -3.72. The topological polar surface area (TPSA) is 88.2 Å². The van der Waals surface area contributed by atoms with Gasteiger partial charge in [0.15, 0.2) is 11.5 Å². The molecule has 166 valence electrons. The molecule has 0 aliphatic carbocycles. The van der Waals surface area contributed by atoms with Crippen molar-refractivity contribution in [1.29, 1.82) is 0 Å². The van der Waals surface area contributed by atoms with Gasteiger partial charge in [-0.2, -0.15) is 0 Å². The summed E-state index contributed by atoms with van der Waals surface area (Å²) in [6.07, 6.45) is 5.45. The van der Waals surface area contributed by atoms with Crippen molar-refractivity contribution in [2.75, 3.05) is 45.9 Å². The van der Waals surface area contributed by atoms with E-state index in [2.05, 4.69) is 9.62 Å². The van der Waals surface area contributed by atoms with Crippen LogP contribution in [0.25, 0.3) is 0 Å². The minimum Gasteiger partial charge on any atom is -0.490 e. The van der Waals surface area contributed by atoms with E-state index < -0.39 is 10.0 Å². The van der Waals surface area contributed by atoms with Crippen molar-refractivity contribution in [3.63, 3.8) is 0 Å². The minimum atomic E-state index is -3.72. The van der Waals surface area contributed by atoms with Crippen molar-refractivity contribution in [3.8, 4) is 11.5 Å². The maximum atomic E-state index is 12.7. The maximum Gasteiger partial charge on any atom is 0.240 e. The average Bonchev–Trinajstić information content (AvgIpc) is 3.35. The number of hydrogen-bond acceptors (Lipinski definition) is 6. The summed E-state index contributed by atoms with van der Waals surface area (Å²) in [5, 5.41) is 0. The zero-order chi connectivity index (χ0) is 21.0. The van der Waals surface area contributed by atoms with Gasteiger partial charge in [-0.05, 0) is 50.9 Å². The Morgan fingerprint density at radius 3 is 2.60 bits per heavy atom. The number of sulfonamides is 1. The Morgan fingerprint density at radius 2 is 1.80 bits per heavy atom. The Hall–Kier alpha value is -1.84. The summed E-state index contributed by atoms with van der Waals surface area (Å²) in [5.41, 5.74) is 0. The lowest BCUT2D eigenvalue weighted by Crippen LogP contribution is -2.43. The van der Waals surface area contributed by atoms with Crippen molar-refractivity contribution in [3.05, 3.63) is 18.2 Å². The van der Waals surface area contributed by atoms with Crippen LogP contribution < -0.4 is 14.2 Å². The van der Waals surface area contributed by atoms with Gasteiger partial charge < -0.3 is 19.3 Å². The zero-order valence-electron chi connectivity index (χ0n) is 17.3. The molecule has 3 aliphatic rings. The van der Waals surface area contributed by atoms with Crippen LogP contribution in [0, 0.1) is 0 Å². The molecule has 8 nitrogen and oxygen atoms in total. The van der Waals surface area contributed by atoms with Crippen molar-refractivity contribution in [2.24, 2.45) is 0 Å². The van der Waals surface area contributed by atoms with Gasteiger partial charge in [-0.15, -0.1) is 0 Å². The number of benzene rings is 1. The van der Waals surface area contributed by atoms with E-state index in [1.807, 2.05) is 4.90 Å². The van der Waals surface area contributed by atoms with Crippen molar-refractivity contribution < 1.29 is 22.7 Å². The molecule has 1 atom stereocenters. The summed E-state index contributed by atoms with van der Waals surface area (Å²) in [6.45, 7) is 5.08. The fraction of sp³-hybridized carbons (Fsp3) is 0.667. The number of nitrogens with one attached hydrogen (secondary N) is 1. The summed E-state index contributed by atoms with van der Waals surface area (Å²) in [4.78, 5) is 17.2.